The maximum Gasteiger partial charge on any atom is 0.123 e. The lowest BCUT2D eigenvalue weighted by atomic mass is 9.95. The molecule has 2 rings (SSSR count). The second kappa shape index (κ2) is 6.01. The number of hydrogen-bond donors (Lipinski definition) is 2. The Hall–Kier alpha value is -1.09. The molecular weight excluding hydrogens is 215 g/mol. The van der Waals surface area contributed by atoms with Crippen molar-refractivity contribution < 1.29 is 4.39 Å². The molecule has 0 unspecified atom stereocenters. The van der Waals surface area contributed by atoms with E-state index < -0.39 is 0 Å². The molecule has 17 heavy (non-hydrogen) atoms. The fourth-order valence-corrected chi connectivity index (χ4v) is 2.51. The lowest BCUT2D eigenvalue weighted by Gasteiger charge is -2.23. The van der Waals surface area contributed by atoms with Crippen molar-refractivity contribution in [2.24, 2.45) is 0 Å². The first-order valence-electron chi connectivity index (χ1n) is 6.49. The van der Waals surface area contributed by atoms with Crippen LogP contribution in [0, 0.1) is 5.82 Å². The number of anilines is 1. The Morgan fingerprint density at radius 3 is 2.71 bits per heavy atom. The number of benzene rings is 1. The minimum atomic E-state index is -0.163. The third-order valence-electron chi connectivity index (χ3n) is 3.52. The van der Waals surface area contributed by atoms with E-state index in [2.05, 4.69) is 10.6 Å². The van der Waals surface area contributed by atoms with Gasteiger partial charge in [0.1, 0.15) is 5.82 Å². The lowest BCUT2D eigenvalue weighted by Crippen LogP contribution is -2.30. The zero-order chi connectivity index (χ0) is 12.1. The van der Waals surface area contributed by atoms with Crippen LogP contribution in [0.4, 0.5) is 10.1 Å². The Kier molecular flexibility index (Phi) is 4.37. The molecule has 1 aliphatic carbocycles. The quantitative estimate of drug-likeness (QED) is 0.838. The molecule has 0 spiro atoms. The van der Waals surface area contributed by atoms with Crippen LogP contribution in [0.5, 0.6) is 0 Å². The maximum atomic E-state index is 13.2. The molecule has 1 aliphatic rings. The number of nitrogens with one attached hydrogen (secondary N) is 2. The number of rotatable bonds is 4. The zero-order valence-electron chi connectivity index (χ0n) is 10.4. The van der Waals surface area contributed by atoms with Gasteiger partial charge in [-0.05, 0) is 36.6 Å². The van der Waals surface area contributed by atoms with Crippen molar-refractivity contribution in [1.82, 2.24) is 5.32 Å². The van der Waals surface area contributed by atoms with Gasteiger partial charge in [0.2, 0.25) is 0 Å². The Labute approximate surface area is 103 Å². The summed E-state index contributed by atoms with van der Waals surface area (Å²) in [5.41, 5.74) is 2.02. The van der Waals surface area contributed by atoms with Gasteiger partial charge in [-0.3, -0.25) is 0 Å². The van der Waals surface area contributed by atoms with Crippen LogP contribution in [-0.2, 0) is 6.54 Å². The van der Waals surface area contributed by atoms with Gasteiger partial charge in [-0.25, -0.2) is 4.39 Å². The summed E-state index contributed by atoms with van der Waals surface area (Å²) in [5.74, 6) is -0.163. The summed E-state index contributed by atoms with van der Waals surface area (Å²) >= 11 is 0. The molecule has 0 aromatic heterocycles. The van der Waals surface area contributed by atoms with E-state index in [0.717, 1.165) is 17.8 Å². The molecule has 2 N–H and O–H groups in total. The Morgan fingerprint density at radius 1 is 1.24 bits per heavy atom. The standard InChI is InChI=1S/C14H21FN2/c1-16-14-8-7-12(15)9-11(14)10-17-13-5-3-2-4-6-13/h7-9,13,16-17H,2-6,10H2,1H3. The molecule has 94 valence electrons. The van der Waals surface area contributed by atoms with Crippen LogP contribution in [-0.4, -0.2) is 13.1 Å². The fourth-order valence-electron chi connectivity index (χ4n) is 2.51. The molecule has 3 heteroatoms. The highest BCUT2D eigenvalue weighted by atomic mass is 19.1. The average Bonchev–Trinajstić information content (AvgIpc) is 2.38. The van der Waals surface area contributed by atoms with Gasteiger partial charge in [-0.1, -0.05) is 19.3 Å². The highest BCUT2D eigenvalue weighted by molar-refractivity contribution is 5.50. The lowest BCUT2D eigenvalue weighted by molar-refractivity contribution is 0.372. The highest BCUT2D eigenvalue weighted by Gasteiger charge is 2.13. The summed E-state index contributed by atoms with van der Waals surface area (Å²) in [5, 5.41) is 6.64. The molecule has 1 aromatic rings. The van der Waals surface area contributed by atoms with Gasteiger partial charge in [0.15, 0.2) is 0 Å². The summed E-state index contributed by atoms with van der Waals surface area (Å²) in [4.78, 5) is 0. The first-order valence-corrected chi connectivity index (χ1v) is 6.49. The van der Waals surface area contributed by atoms with Crippen molar-refractivity contribution in [3.63, 3.8) is 0 Å². The van der Waals surface area contributed by atoms with Gasteiger partial charge in [-0.2, -0.15) is 0 Å². The minimum absolute atomic E-state index is 0.163. The Balaban J connectivity index is 1.95. The van der Waals surface area contributed by atoms with Crippen LogP contribution >= 0.6 is 0 Å². The van der Waals surface area contributed by atoms with E-state index in [1.165, 1.54) is 38.2 Å². The topological polar surface area (TPSA) is 24.1 Å². The predicted octanol–water partition coefficient (Wildman–Crippen LogP) is 3.29. The third kappa shape index (κ3) is 3.43. The Morgan fingerprint density at radius 2 is 2.00 bits per heavy atom. The molecule has 0 heterocycles. The highest BCUT2D eigenvalue weighted by Crippen LogP contribution is 2.20. The van der Waals surface area contributed by atoms with Crippen LogP contribution in [0.25, 0.3) is 0 Å². The van der Waals surface area contributed by atoms with Gasteiger partial charge < -0.3 is 10.6 Å². The maximum absolute atomic E-state index is 13.2. The van der Waals surface area contributed by atoms with E-state index in [1.54, 1.807) is 12.1 Å². The van der Waals surface area contributed by atoms with Crippen molar-refractivity contribution in [3.8, 4) is 0 Å². The number of halogens is 1. The molecule has 0 bridgehead atoms. The first-order chi connectivity index (χ1) is 8.29. The summed E-state index contributed by atoms with van der Waals surface area (Å²) in [6, 6.07) is 5.52. The molecule has 0 amide bonds. The van der Waals surface area contributed by atoms with Gasteiger partial charge in [-0.15, -0.1) is 0 Å². The monoisotopic (exact) mass is 236 g/mol. The van der Waals surface area contributed by atoms with Gasteiger partial charge in [0.25, 0.3) is 0 Å². The molecule has 1 saturated carbocycles. The molecule has 1 fully saturated rings. The summed E-state index contributed by atoms with van der Waals surface area (Å²) in [6.07, 6.45) is 6.51. The second-order valence-corrected chi connectivity index (χ2v) is 4.77. The van der Waals surface area contributed by atoms with Crippen LogP contribution in [0.2, 0.25) is 0 Å². The van der Waals surface area contributed by atoms with Crippen LogP contribution in [0.15, 0.2) is 18.2 Å². The molecule has 1 aromatic carbocycles. The van der Waals surface area contributed by atoms with Gasteiger partial charge >= 0.3 is 0 Å². The van der Waals surface area contributed by atoms with Crippen LogP contribution in [0.3, 0.4) is 0 Å². The van der Waals surface area contributed by atoms with Gasteiger partial charge in [0, 0.05) is 25.3 Å². The summed E-state index contributed by atoms with van der Waals surface area (Å²) in [7, 11) is 1.87. The molecule has 2 nitrogen and oxygen atoms in total. The normalized spacial score (nSPS) is 17.1. The van der Waals surface area contributed by atoms with Gasteiger partial charge in [0.05, 0.1) is 0 Å². The first kappa shape index (κ1) is 12.4. The molecule has 0 radical (unpaired) electrons. The largest absolute Gasteiger partial charge is 0.388 e. The third-order valence-corrected chi connectivity index (χ3v) is 3.52. The van der Waals surface area contributed by atoms with E-state index >= 15 is 0 Å². The van der Waals surface area contributed by atoms with E-state index in [4.69, 9.17) is 0 Å². The molecular formula is C14H21FN2. The van der Waals surface area contributed by atoms with Crippen molar-refractivity contribution in [3.05, 3.63) is 29.6 Å². The van der Waals surface area contributed by atoms with E-state index in [0.29, 0.717) is 6.04 Å². The van der Waals surface area contributed by atoms with E-state index in [-0.39, 0.29) is 5.82 Å². The predicted molar refractivity (Wildman–Crippen MR) is 69.7 cm³/mol. The van der Waals surface area contributed by atoms with Crippen LogP contribution in [0.1, 0.15) is 37.7 Å². The molecule has 0 saturated heterocycles. The van der Waals surface area contributed by atoms with Crippen LogP contribution < -0.4 is 10.6 Å². The molecule has 0 atom stereocenters. The molecule has 0 aliphatic heterocycles. The van der Waals surface area contributed by atoms with Crippen molar-refractivity contribution >= 4 is 5.69 Å². The van der Waals surface area contributed by atoms with E-state index in [1.807, 2.05) is 7.05 Å². The van der Waals surface area contributed by atoms with Crippen molar-refractivity contribution in [1.29, 1.82) is 0 Å². The summed E-state index contributed by atoms with van der Waals surface area (Å²) < 4.78 is 13.2. The smallest absolute Gasteiger partial charge is 0.123 e. The SMILES string of the molecule is CNc1ccc(F)cc1CNC1CCCCC1. The number of hydrogen-bond acceptors (Lipinski definition) is 2. The zero-order valence-corrected chi connectivity index (χ0v) is 10.4. The summed E-state index contributed by atoms with van der Waals surface area (Å²) in [6.45, 7) is 0.749. The fraction of sp³-hybridized carbons (Fsp3) is 0.571. The van der Waals surface area contributed by atoms with Crippen molar-refractivity contribution in [2.45, 2.75) is 44.7 Å². The minimum Gasteiger partial charge on any atom is -0.388 e. The second-order valence-electron chi connectivity index (χ2n) is 4.77. The average molecular weight is 236 g/mol. The Bertz CT molecular complexity index is 359. The van der Waals surface area contributed by atoms with E-state index in [9.17, 15) is 4.39 Å². The van der Waals surface area contributed by atoms with Crippen molar-refractivity contribution in [2.75, 3.05) is 12.4 Å².